The number of hydrogen-bond acceptors (Lipinski definition) is 3. The molecule has 0 spiro atoms. The van der Waals surface area contributed by atoms with Crippen LogP contribution in [0.25, 0.3) is 0 Å². The summed E-state index contributed by atoms with van der Waals surface area (Å²) in [5.41, 5.74) is 1.04. The maximum atomic E-state index is 11.8. The topological polar surface area (TPSA) is 78.4 Å². The van der Waals surface area contributed by atoms with E-state index in [4.69, 9.17) is 5.11 Å². The van der Waals surface area contributed by atoms with Crippen molar-refractivity contribution in [1.82, 2.24) is 10.6 Å². The SMILES string of the molecule is O=C(O)c1cccc(CNC(=O)C2CCNC2)c1. The molecule has 1 amide bonds. The quantitative estimate of drug-likeness (QED) is 0.729. The number of carboxylic acid groups (broad SMARTS) is 1. The Morgan fingerprint density at radius 2 is 2.28 bits per heavy atom. The largest absolute Gasteiger partial charge is 0.478 e. The lowest BCUT2D eigenvalue weighted by molar-refractivity contribution is -0.124. The summed E-state index contributed by atoms with van der Waals surface area (Å²) < 4.78 is 0. The summed E-state index contributed by atoms with van der Waals surface area (Å²) >= 11 is 0. The van der Waals surface area contributed by atoms with Gasteiger partial charge in [0.15, 0.2) is 0 Å². The number of carbonyl (C=O) groups is 2. The molecule has 0 aliphatic carbocycles. The molecule has 1 fully saturated rings. The van der Waals surface area contributed by atoms with Crippen molar-refractivity contribution >= 4 is 11.9 Å². The van der Waals surface area contributed by atoms with E-state index in [2.05, 4.69) is 10.6 Å². The predicted octanol–water partition coefficient (Wildman–Crippen LogP) is 0.610. The van der Waals surface area contributed by atoms with Crippen LogP contribution in [-0.4, -0.2) is 30.1 Å². The van der Waals surface area contributed by atoms with Gasteiger partial charge in [0.2, 0.25) is 5.91 Å². The molecule has 0 bridgehead atoms. The maximum absolute atomic E-state index is 11.8. The standard InChI is InChI=1S/C13H16N2O3/c16-12(11-4-5-14-8-11)15-7-9-2-1-3-10(6-9)13(17)18/h1-3,6,11,14H,4-5,7-8H2,(H,15,16)(H,17,18). The average molecular weight is 248 g/mol. The van der Waals surface area contributed by atoms with Gasteiger partial charge < -0.3 is 15.7 Å². The number of benzene rings is 1. The fraction of sp³-hybridized carbons (Fsp3) is 0.385. The number of carbonyl (C=O) groups excluding carboxylic acids is 1. The molecule has 96 valence electrons. The van der Waals surface area contributed by atoms with Crippen molar-refractivity contribution in [3.8, 4) is 0 Å². The molecule has 0 aromatic heterocycles. The average Bonchev–Trinajstić information content (AvgIpc) is 2.90. The van der Waals surface area contributed by atoms with Gasteiger partial charge in [-0.3, -0.25) is 4.79 Å². The summed E-state index contributed by atoms with van der Waals surface area (Å²) in [6, 6.07) is 6.60. The molecule has 5 heteroatoms. The zero-order valence-electron chi connectivity index (χ0n) is 9.98. The highest BCUT2D eigenvalue weighted by Crippen LogP contribution is 2.09. The third-order valence-corrected chi connectivity index (χ3v) is 3.07. The summed E-state index contributed by atoms with van der Waals surface area (Å²) in [4.78, 5) is 22.6. The number of nitrogens with one attached hydrogen (secondary N) is 2. The first-order valence-corrected chi connectivity index (χ1v) is 5.97. The first kappa shape index (κ1) is 12.6. The van der Waals surface area contributed by atoms with Crippen molar-refractivity contribution in [2.75, 3.05) is 13.1 Å². The number of aromatic carboxylic acids is 1. The van der Waals surface area contributed by atoms with Crippen LogP contribution in [0.15, 0.2) is 24.3 Å². The van der Waals surface area contributed by atoms with Crippen molar-refractivity contribution in [3.05, 3.63) is 35.4 Å². The Hall–Kier alpha value is -1.88. The number of carboxylic acids is 1. The van der Waals surface area contributed by atoms with Crippen LogP contribution < -0.4 is 10.6 Å². The van der Waals surface area contributed by atoms with E-state index in [1.165, 1.54) is 6.07 Å². The lowest BCUT2D eigenvalue weighted by Gasteiger charge is -2.10. The second-order valence-corrected chi connectivity index (χ2v) is 4.41. The molecule has 1 aromatic carbocycles. The van der Waals surface area contributed by atoms with Crippen LogP contribution in [-0.2, 0) is 11.3 Å². The van der Waals surface area contributed by atoms with E-state index in [0.29, 0.717) is 6.54 Å². The predicted molar refractivity (Wildman–Crippen MR) is 66.2 cm³/mol. The summed E-state index contributed by atoms with van der Waals surface area (Å²) in [5, 5.41) is 14.8. The molecule has 1 aliphatic rings. The molecule has 5 nitrogen and oxygen atoms in total. The van der Waals surface area contributed by atoms with Crippen molar-refractivity contribution in [2.45, 2.75) is 13.0 Å². The Morgan fingerprint density at radius 3 is 2.94 bits per heavy atom. The molecule has 3 N–H and O–H groups in total. The van der Waals surface area contributed by atoms with E-state index in [-0.39, 0.29) is 17.4 Å². The van der Waals surface area contributed by atoms with E-state index in [9.17, 15) is 9.59 Å². The molecule has 1 unspecified atom stereocenters. The van der Waals surface area contributed by atoms with Crippen molar-refractivity contribution in [3.63, 3.8) is 0 Å². The number of amides is 1. The van der Waals surface area contributed by atoms with Gasteiger partial charge in [-0.2, -0.15) is 0 Å². The minimum Gasteiger partial charge on any atom is -0.478 e. The Labute approximate surface area is 105 Å². The fourth-order valence-corrected chi connectivity index (χ4v) is 2.03. The highest BCUT2D eigenvalue weighted by molar-refractivity contribution is 5.87. The maximum Gasteiger partial charge on any atom is 0.335 e. The molecule has 1 aliphatic heterocycles. The molecular formula is C13H16N2O3. The minimum atomic E-state index is -0.955. The van der Waals surface area contributed by atoms with Gasteiger partial charge in [0.1, 0.15) is 0 Å². The van der Waals surface area contributed by atoms with Crippen molar-refractivity contribution in [1.29, 1.82) is 0 Å². The van der Waals surface area contributed by atoms with Gasteiger partial charge in [0.25, 0.3) is 0 Å². The molecule has 0 saturated carbocycles. The van der Waals surface area contributed by atoms with Gasteiger partial charge >= 0.3 is 5.97 Å². The first-order valence-electron chi connectivity index (χ1n) is 5.97. The van der Waals surface area contributed by atoms with Crippen LogP contribution in [0, 0.1) is 5.92 Å². The third-order valence-electron chi connectivity index (χ3n) is 3.07. The number of hydrogen-bond donors (Lipinski definition) is 3. The van der Waals surface area contributed by atoms with Gasteiger partial charge in [-0.25, -0.2) is 4.79 Å². The molecule has 18 heavy (non-hydrogen) atoms. The Kier molecular flexibility index (Phi) is 3.94. The van der Waals surface area contributed by atoms with Crippen molar-refractivity contribution in [2.24, 2.45) is 5.92 Å². The van der Waals surface area contributed by atoms with E-state index >= 15 is 0 Å². The van der Waals surface area contributed by atoms with Gasteiger partial charge in [0.05, 0.1) is 11.5 Å². The van der Waals surface area contributed by atoms with Crippen LogP contribution in [0.3, 0.4) is 0 Å². The van der Waals surface area contributed by atoms with Crippen LogP contribution in [0.2, 0.25) is 0 Å². The Morgan fingerprint density at radius 1 is 1.44 bits per heavy atom. The van der Waals surface area contributed by atoms with Gasteiger partial charge in [-0.15, -0.1) is 0 Å². The minimum absolute atomic E-state index is 0.0285. The van der Waals surface area contributed by atoms with E-state index in [1.54, 1.807) is 18.2 Å². The van der Waals surface area contributed by atoms with Gasteiger partial charge in [-0.05, 0) is 30.7 Å². The van der Waals surface area contributed by atoms with Crippen LogP contribution in [0.4, 0.5) is 0 Å². The van der Waals surface area contributed by atoms with E-state index in [1.807, 2.05) is 0 Å². The Balaban J connectivity index is 1.91. The molecule has 2 rings (SSSR count). The van der Waals surface area contributed by atoms with Gasteiger partial charge in [0, 0.05) is 13.1 Å². The molecular weight excluding hydrogens is 232 g/mol. The summed E-state index contributed by atoms with van der Waals surface area (Å²) in [6.07, 6.45) is 0.862. The summed E-state index contributed by atoms with van der Waals surface area (Å²) in [6.45, 7) is 1.98. The summed E-state index contributed by atoms with van der Waals surface area (Å²) in [5.74, 6) is -0.892. The van der Waals surface area contributed by atoms with Crippen LogP contribution in [0.5, 0.6) is 0 Å². The number of rotatable bonds is 4. The zero-order valence-corrected chi connectivity index (χ0v) is 9.98. The normalized spacial score (nSPS) is 18.6. The second kappa shape index (κ2) is 5.64. The first-order chi connectivity index (χ1) is 8.66. The van der Waals surface area contributed by atoms with Gasteiger partial charge in [-0.1, -0.05) is 12.1 Å². The smallest absolute Gasteiger partial charge is 0.335 e. The Bertz CT molecular complexity index is 453. The van der Waals surface area contributed by atoms with Crippen LogP contribution in [0.1, 0.15) is 22.3 Å². The highest BCUT2D eigenvalue weighted by atomic mass is 16.4. The highest BCUT2D eigenvalue weighted by Gasteiger charge is 2.21. The third kappa shape index (κ3) is 3.07. The van der Waals surface area contributed by atoms with E-state index in [0.717, 1.165) is 25.1 Å². The van der Waals surface area contributed by atoms with Crippen LogP contribution >= 0.6 is 0 Å². The van der Waals surface area contributed by atoms with Crippen molar-refractivity contribution < 1.29 is 14.7 Å². The molecule has 1 heterocycles. The summed E-state index contributed by atoms with van der Waals surface area (Å²) in [7, 11) is 0. The zero-order chi connectivity index (χ0) is 13.0. The molecule has 1 saturated heterocycles. The lowest BCUT2D eigenvalue weighted by atomic mass is 10.1. The van der Waals surface area contributed by atoms with E-state index < -0.39 is 5.97 Å². The fourth-order valence-electron chi connectivity index (χ4n) is 2.03. The lowest BCUT2D eigenvalue weighted by Crippen LogP contribution is -2.31. The molecule has 0 radical (unpaired) electrons. The molecule has 1 atom stereocenters. The molecule has 1 aromatic rings. The monoisotopic (exact) mass is 248 g/mol. The second-order valence-electron chi connectivity index (χ2n) is 4.41.